The maximum absolute atomic E-state index is 12.3. The second-order valence-corrected chi connectivity index (χ2v) is 7.15. The molecule has 0 bridgehead atoms. The van der Waals surface area contributed by atoms with Crippen molar-refractivity contribution in [1.82, 2.24) is 5.01 Å². The van der Waals surface area contributed by atoms with Gasteiger partial charge in [0.25, 0.3) is 11.8 Å². The van der Waals surface area contributed by atoms with E-state index < -0.39 is 24.0 Å². The van der Waals surface area contributed by atoms with Gasteiger partial charge in [-0.1, -0.05) is 49.8 Å². The van der Waals surface area contributed by atoms with E-state index in [4.69, 9.17) is 23.2 Å². The first-order valence-electron chi connectivity index (χ1n) is 8.72. The molecule has 7 heteroatoms. The lowest BCUT2D eigenvalue weighted by molar-refractivity contribution is -0.138. The summed E-state index contributed by atoms with van der Waals surface area (Å²) < 4.78 is 0. The van der Waals surface area contributed by atoms with Gasteiger partial charge >= 0.3 is 0 Å². The van der Waals surface area contributed by atoms with Gasteiger partial charge in [-0.3, -0.25) is 9.59 Å². The van der Waals surface area contributed by atoms with Crippen molar-refractivity contribution in [1.29, 1.82) is 0 Å². The van der Waals surface area contributed by atoms with Gasteiger partial charge < -0.3 is 10.8 Å². The van der Waals surface area contributed by atoms with Gasteiger partial charge in [-0.05, 0) is 37.0 Å². The number of benzene rings is 1. The highest BCUT2D eigenvalue weighted by Crippen LogP contribution is 2.27. The Morgan fingerprint density at radius 1 is 1.28 bits per heavy atom. The van der Waals surface area contributed by atoms with Gasteiger partial charge in [0.15, 0.2) is 0 Å². The van der Waals surface area contributed by atoms with Gasteiger partial charge in [0.05, 0.1) is 0 Å². The van der Waals surface area contributed by atoms with E-state index in [0.717, 1.165) is 6.42 Å². The Morgan fingerprint density at radius 2 is 1.96 bits per heavy atom. The maximum atomic E-state index is 12.3. The van der Waals surface area contributed by atoms with Crippen LogP contribution in [-0.4, -0.2) is 34.1 Å². The fourth-order valence-corrected chi connectivity index (χ4v) is 3.44. The van der Waals surface area contributed by atoms with Crippen molar-refractivity contribution in [3.05, 3.63) is 34.9 Å². The third kappa shape index (κ3) is 5.51. The predicted molar refractivity (Wildman–Crippen MR) is 96.6 cm³/mol. The van der Waals surface area contributed by atoms with Crippen LogP contribution in [0.4, 0.5) is 0 Å². The van der Waals surface area contributed by atoms with E-state index in [1.54, 1.807) is 12.1 Å². The number of imide groups is 1. The summed E-state index contributed by atoms with van der Waals surface area (Å²) in [5, 5.41) is 10.9. The molecule has 0 saturated heterocycles. The van der Waals surface area contributed by atoms with E-state index >= 15 is 0 Å². The second kappa shape index (κ2) is 9.29. The van der Waals surface area contributed by atoms with Crippen LogP contribution >= 0.6 is 11.6 Å². The molecule has 1 aromatic carbocycles. The highest BCUT2D eigenvalue weighted by molar-refractivity contribution is 6.31. The number of aliphatic hydroxyl groups is 1. The number of hydrogen-bond acceptors (Lipinski definition) is 5. The highest BCUT2D eigenvalue weighted by Gasteiger charge is 2.30. The third-order valence-electron chi connectivity index (χ3n) is 4.82. The molecule has 2 atom stereocenters. The Morgan fingerprint density at radius 3 is 2.60 bits per heavy atom. The standard InChI is InChI=1S/C18H26ClN3O3/c19-14-8-4-7-13(11-14)17(24)22(21)18(25)16(23)15(20)10-9-12-5-2-1-3-6-12/h4,7-8,11-12,15-16,23H,1-3,5-6,9-10,20-21H2/t15-,16?/m1/s1. The first-order chi connectivity index (χ1) is 11.9. The maximum Gasteiger partial charge on any atom is 0.274 e. The number of hydrogen-bond donors (Lipinski definition) is 3. The van der Waals surface area contributed by atoms with Gasteiger partial charge in [-0.2, -0.15) is 0 Å². The van der Waals surface area contributed by atoms with E-state index in [2.05, 4.69) is 0 Å². The summed E-state index contributed by atoms with van der Waals surface area (Å²) in [6.07, 6.45) is 5.97. The molecule has 1 aromatic rings. The first kappa shape index (κ1) is 19.8. The van der Waals surface area contributed by atoms with Crippen molar-refractivity contribution in [2.24, 2.45) is 17.5 Å². The number of amides is 2. The number of nitrogens with zero attached hydrogens (tertiary/aromatic N) is 1. The first-order valence-corrected chi connectivity index (χ1v) is 9.10. The number of rotatable bonds is 6. The predicted octanol–water partition coefficient (Wildman–Crippen LogP) is 2.23. The third-order valence-corrected chi connectivity index (χ3v) is 5.05. The molecule has 2 rings (SSSR count). The smallest absolute Gasteiger partial charge is 0.274 e. The minimum absolute atomic E-state index is 0.173. The number of carbonyl (C=O) groups is 2. The van der Waals surface area contributed by atoms with Crippen LogP contribution in [0.1, 0.15) is 55.3 Å². The van der Waals surface area contributed by atoms with Crippen molar-refractivity contribution in [2.75, 3.05) is 0 Å². The Bertz CT molecular complexity index is 605. The molecule has 1 unspecified atom stereocenters. The summed E-state index contributed by atoms with van der Waals surface area (Å²) in [6, 6.07) is 5.35. The van der Waals surface area contributed by atoms with Crippen molar-refractivity contribution in [3.63, 3.8) is 0 Å². The lowest BCUT2D eigenvalue weighted by Gasteiger charge is -2.26. The number of carbonyl (C=O) groups excluding carboxylic acids is 2. The van der Waals surface area contributed by atoms with Crippen LogP contribution in [0.15, 0.2) is 24.3 Å². The van der Waals surface area contributed by atoms with Crippen LogP contribution in [0.25, 0.3) is 0 Å². The van der Waals surface area contributed by atoms with Gasteiger partial charge in [0, 0.05) is 16.6 Å². The van der Waals surface area contributed by atoms with E-state index in [9.17, 15) is 14.7 Å². The lowest BCUT2D eigenvalue weighted by Crippen LogP contribution is -2.53. The fourth-order valence-electron chi connectivity index (χ4n) is 3.25. The zero-order valence-electron chi connectivity index (χ0n) is 14.2. The van der Waals surface area contributed by atoms with Gasteiger partial charge in [-0.25, -0.2) is 10.9 Å². The molecule has 1 fully saturated rings. The van der Waals surface area contributed by atoms with E-state index in [1.165, 1.54) is 44.2 Å². The molecule has 138 valence electrons. The van der Waals surface area contributed by atoms with Crippen LogP contribution in [0.3, 0.4) is 0 Å². The highest BCUT2D eigenvalue weighted by atomic mass is 35.5. The molecule has 0 heterocycles. The summed E-state index contributed by atoms with van der Waals surface area (Å²) in [5.74, 6) is 4.56. The van der Waals surface area contributed by atoms with E-state index in [-0.39, 0.29) is 5.56 Å². The van der Waals surface area contributed by atoms with Crippen LogP contribution < -0.4 is 11.6 Å². The zero-order chi connectivity index (χ0) is 18.4. The molecule has 0 aromatic heterocycles. The van der Waals surface area contributed by atoms with Crippen LogP contribution in [-0.2, 0) is 4.79 Å². The van der Waals surface area contributed by atoms with E-state index in [0.29, 0.717) is 22.4 Å². The minimum Gasteiger partial charge on any atom is -0.382 e. The quantitative estimate of drug-likeness (QED) is 0.405. The summed E-state index contributed by atoms with van der Waals surface area (Å²) in [4.78, 5) is 24.5. The Balaban J connectivity index is 1.89. The summed E-state index contributed by atoms with van der Waals surface area (Å²) in [7, 11) is 0. The normalized spacial score (nSPS) is 17.8. The average Bonchev–Trinajstić information content (AvgIpc) is 2.64. The second-order valence-electron chi connectivity index (χ2n) is 6.71. The molecule has 2 amide bonds. The van der Waals surface area contributed by atoms with Crippen LogP contribution in [0.2, 0.25) is 5.02 Å². The molecule has 1 aliphatic carbocycles. The van der Waals surface area contributed by atoms with Gasteiger partial charge in [-0.15, -0.1) is 0 Å². The summed E-state index contributed by atoms with van der Waals surface area (Å²) in [5.41, 5.74) is 6.12. The topological polar surface area (TPSA) is 110 Å². The number of nitrogens with two attached hydrogens (primary N) is 2. The summed E-state index contributed by atoms with van der Waals surface area (Å²) in [6.45, 7) is 0. The van der Waals surface area contributed by atoms with Crippen LogP contribution in [0.5, 0.6) is 0 Å². The molecule has 0 radical (unpaired) electrons. The van der Waals surface area contributed by atoms with Gasteiger partial charge in [0.1, 0.15) is 6.10 Å². The SMILES string of the molecule is N[C@H](CCC1CCCCC1)C(O)C(=O)N(N)C(=O)c1cccc(Cl)c1. The molecule has 1 saturated carbocycles. The van der Waals surface area contributed by atoms with Crippen molar-refractivity contribution in [3.8, 4) is 0 Å². The van der Waals surface area contributed by atoms with Gasteiger partial charge in [0.2, 0.25) is 0 Å². The monoisotopic (exact) mass is 367 g/mol. The minimum atomic E-state index is -1.50. The summed E-state index contributed by atoms with van der Waals surface area (Å²) >= 11 is 5.84. The molecular weight excluding hydrogens is 342 g/mol. The molecule has 1 aliphatic rings. The number of aliphatic hydroxyl groups excluding tert-OH is 1. The molecule has 25 heavy (non-hydrogen) atoms. The zero-order valence-corrected chi connectivity index (χ0v) is 15.0. The molecule has 5 N–H and O–H groups in total. The lowest BCUT2D eigenvalue weighted by atomic mass is 9.85. The molecule has 0 aliphatic heterocycles. The van der Waals surface area contributed by atoms with Crippen molar-refractivity contribution in [2.45, 2.75) is 57.1 Å². The van der Waals surface area contributed by atoms with Crippen LogP contribution in [0, 0.1) is 5.92 Å². The van der Waals surface area contributed by atoms with Crippen molar-refractivity contribution < 1.29 is 14.7 Å². The molecule has 6 nitrogen and oxygen atoms in total. The Kier molecular flexibility index (Phi) is 7.38. The fraction of sp³-hybridized carbons (Fsp3) is 0.556. The Hall–Kier alpha value is -1.47. The molecule has 0 spiro atoms. The van der Waals surface area contributed by atoms with Crippen molar-refractivity contribution >= 4 is 23.4 Å². The largest absolute Gasteiger partial charge is 0.382 e. The molecular formula is C18H26ClN3O3. The average molecular weight is 368 g/mol. The number of halogens is 1. The number of hydrazine groups is 1. The Labute approximate surface area is 153 Å². The van der Waals surface area contributed by atoms with E-state index in [1.807, 2.05) is 0 Å².